The Morgan fingerprint density at radius 2 is 2.29 bits per heavy atom. The highest BCUT2D eigenvalue weighted by atomic mass is 79.9. The third-order valence-electron chi connectivity index (χ3n) is 3.04. The van der Waals surface area contributed by atoms with Gasteiger partial charge in [0.15, 0.2) is 5.82 Å². The standard InChI is InChI=1S/C12H11BrN6O2/c13-8-4-10-14-9(12-15-17-18-16-12)6-19(10)5-7(8)2-1-3-11(20)21/h4-6H,1-3H2,(H,20,21)(H,15,16,17,18). The molecule has 0 atom stereocenters. The van der Waals surface area contributed by atoms with Gasteiger partial charge in [0, 0.05) is 23.3 Å². The smallest absolute Gasteiger partial charge is 0.303 e. The molecule has 0 aromatic carbocycles. The number of H-pyrrole nitrogens is 1. The maximum atomic E-state index is 10.6. The molecule has 0 spiro atoms. The largest absolute Gasteiger partial charge is 0.481 e. The molecule has 3 rings (SSSR count). The molecule has 0 fully saturated rings. The van der Waals surface area contributed by atoms with Crippen molar-refractivity contribution in [2.24, 2.45) is 0 Å². The van der Waals surface area contributed by atoms with E-state index in [1.165, 1.54) is 0 Å². The average molecular weight is 351 g/mol. The Bertz CT molecular complexity index is 783. The predicted octanol–water partition coefficient (Wildman–Crippen LogP) is 1.68. The monoisotopic (exact) mass is 350 g/mol. The van der Waals surface area contributed by atoms with Crippen LogP contribution in [0.4, 0.5) is 0 Å². The number of nitrogens with zero attached hydrogens (tertiary/aromatic N) is 5. The average Bonchev–Trinajstić information content (AvgIpc) is 3.06. The van der Waals surface area contributed by atoms with Gasteiger partial charge in [-0.2, -0.15) is 0 Å². The number of aliphatic carboxylic acids is 1. The van der Waals surface area contributed by atoms with Gasteiger partial charge in [-0.05, 0) is 34.9 Å². The Morgan fingerprint density at radius 1 is 1.43 bits per heavy atom. The highest BCUT2D eigenvalue weighted by Crippen LogP contribution is 2.23. The van der Waals surface area contributed by atoms with Crippen LogP contribution >= 0.6 is 15.9 Å². The number of hydrogen-bond donors (Lipinski definition) is 2. The zero-order valence-corrected chi connectivity index (χ0v) is 12.4. The molecule has 3 heterocycles. The van der Waals surface area contributed by atoms with E-state index in [9.17, 15) is 4.79 Å². The van der Waals surface area contributed by atoms with Gasteiger partial charge >= 0.3 is 5.97 Å². The van der Waals surface area contributed by atoms with Crippen molar-refractivity contribution in [2.45, 2.75) is 19.3 Å². The number of fused-ring (bicyclic) bond motifs is 1. The van der Waals surface area contributed by atoms with Crippen molar-refractivity contribution in [3.63, 3.8) is 0 Å². The second kappa shape index (κ2) is 5.60. The number of hydrogen-bond acceptors (Lipinski definition) is 5. The zero-order valence-electron chi connectivity index (χ0n) is 10.8. The van der Waals surface area contributed by atoms with Crippen LogP contribution in [-0.4, -0.2) is 41.1 Å². The van der Waals surface area contributed by atoms with Crippen LogP contribution in [0, 0.1) is 0 Å². The van der Waals surface area contributed by atoms with Crippen molar-refractivity contribution < 1.29 is 9.90 Å². The molecule has 0 aliphatic carbocycles. The van der Waals surface area contributed by atoms with Crippen LogP contribution in [0.1, 0.15) is 18.4 Å². The fourth-order valence-corrected chi connectivity index (χ4v) is 2.55. The van der Waals surface area contributed by atoms with E-state index in [0.29, 0.717) is 24.4 Å². The molecule has 3 aromatic heterocycles. The molecule has 0 amide bonds. The molecule has 9 heteroatoms. The first kappa shape index (κ1) is 13.7. The number of tetrazole rings is 1. The molecule has 0 aliphatic rings. The molecule has 0 saturated carbocycles. The van der Waals surface area contributed by atoms with Gasteiger partial charge in [0.2, 0.25) is 0 Å². The Hall–Kier alpha value is -2.29. The van der Waals surface area contributed by atoms with Gasteiger partial charge in [-0.3, -0.25) is 4.79 Å². The maximum absolute atomic E-state index is 10.6. The molecule has 3 aromatic rings. The zero-order chi connectivity index (χ0) is 14.8. The van der Waals surface area contributed by atoms with Gasteiger partial charge in [-0.25, -0.2) is 10.1 Å². The minimum Gasteiger partial charge on any atom is -0.481 e. The second-order valence-corrected chi connectivity index (χ2v) is 5.39. The molecule has 0 aliphatic heterocycles. The topological polar surface area (TPSA) is 109 Å². The Morgan fingerprint density at radius 3 is 3.00 bits per heavy atom. The number of pyridine rings is 1. The van der Waals surface area contributed by atoms with E-state index >= 15 is 0 Å². The Balaban J connectivity index is 1.89. The number of halogens is 1. The van der Waals surface area contributed by atoms with Crippen molar-refractivity contribution in [2.75, 3.05) is 0 Å². The number of carbonyl (C=O) groups is 1. The molecule has 108 valence electrons. The van der Waals surface area contributed by atoms with Gasteiger partial charge in [-0.15, -0.1) is 5.10 Å². The lowest BCUT2D eigenvalue weighted by Gasteiger charge is -2.04. The fourth-order valence-electron chi connectivity index (χ4n) is 2.05. The number of imidazole rings is 1. The van der Waals surface area contributed by atoms with Crippen molar-refractivity contribution in [1.82, 2.24) is 30.0 Å². The van der Waals surface area contributed by atoms with Gasteiger partial charge in [0.05, 0.1) is 0 Å². The van der Waals surface area contributed by atoms with Gasteiger partial charge in [-0.1, -0.05) is 15.9 Å². The summed E-state index contributed by atoms with van der Waals surface area (Å²) in [6.07, 6.45) is 5.18. The molecular weight excluding hydrogens is 340 g/mol. The third-order valence-corrected chi connectivity index (χ3v) is 3.78. The van der Waals surface area contributed by atoms with Crippen molar-refractivity contribution in [3.8, 4) is 11.5 Å². The van der Waals surface area contributed by atoms with Crippen molar-refractivity contribution >= 4 is 27.5 Å². The Kier molecular flexibility index (Phi) is 3.65. The molecule has 0 radical (unpaired) electrons. The minimum atomic E-state index is -0.782. The number of rotatable bonds is 5. The molecule has 0 saturated heterocycles. The van der Waals surface area contributed by atoms with Crippen LogP contribution in [0.5, 0.6) is 0 Å². The van der Waals surface area contributed by atoms with Crippen LogP contribution < -0.4 is 0 Å². The molecule has 21 heavy (non-hydrogen) atoms. The van der Waals surface area contributed by atoms with Crippen LogP contribution in [-0.2, 0) is 11.2 Å². The van der Waals surface area contributed by atoms with Crippen LogP contribution in [0.15, 0.2) is 22.9 Å². The van der Waals surface area contributed by atoms with Crippen LogP contribution in [0.2, 0.25) is 0 Å². The first-order valence-corrected chi connectivity index (χ1v) is 7.06. The summed E-state index contributed by atoms with van der Waals surface area (Å²) in [6.45, 7) is 0. The normalized spacial score (nSPS) is 11.1. The van der Waals surface area contributed by atoms with Gasteiger partial charge < -0.3 is 9.51 Å². The highest BCUT2D eigenvalue weighted by molar-refractivity contribution is 9.10. The lowest BCUT2D eigenvalue weighted by Crippen LogP contribution is -1.97. The summed E-state index contributed by atoms with van der Waals surface area (Å²) in [6, 6.07) is 1.89. The lowest BCUT2D eigenvalue weighted by molar-refractivity contribution is -0.137. The molecule has 0 bridgehead atoms. The second-order valence-electron chi connectivity index (χ2n) is 4.54. The summed E-state index contributed by atoms with van der Waals surface area (Å²) in [4.78, 5) is 15.0. The number of aryl methyl sites for hydroxylation is 1. The first-order chi connectivity index (χ1) is 10.1. The summed E-state index contributed by atoms with van der Waals surface area (Å²) in [7, 11) is 0. The van der Waals surface area contributed by atoms with Crippen molar-refractivity contribution in [3.05, 3.63) is 28.5 Å². The van der Waals surface area contributed by atoms with E-state index in [4.69, 9.17) is 5.11 Å². The molecule has 2 N–H and O–H groups in total. The highest BCUT2D eigenvalue weighted by Gasteiger charge is 2.10. The van der Waals surface area contributed by atoms with Crippen molar-refractivity contribution in [1.29, 1.82) is 0 Å². The SMILES string of the molecule is O=C(O)CCCc1cn2cc(-c3nnn[nH]3)nc2cc1Br. The number of aromatic nitrogens is 6. The summed E-state index contributed by atoms with van der Waals surface area (Å²) in [5.74, 6) is -0.280. The molecule has 8 nitrogen and oxygen atoms in total. The third kappa shape index (κ3) is 2.92. The van der Waals surface area contributed by atoms with Gasteiger partial charge in [0.25, 0.3) is 0 Å². The molecule has 0 unspecified atom stereocenters. The van der Waals surface area contributed by atoms with Gasteiger partial charge in [0.1, 0.15) is 11.3 Å². The summed E-state index contributed by atoms with van der Waals surface area (Å²) in [5.41, 5.74) is 2.44. The lowest BCUT2D eigenvalue weighted by atomic mass is 10.1. The number of carboxylic acid groups (broad SMARTS) is 1. The minimum absolute atomic E-state index is 0.156. The summed E-state index contributed by atoms with van der Waals surface area (Å²) >= 11 is 3.49. The Labute approximate surface area is 127 Å². The van der Waals surface area contributed by atoms with E-state index in [2.05, 4.69) is 41.5 Å². The van der Waals surface area contributed by atoms with E-state index in [1.54, 1.807) is 0 Å². The van der Waals surface area contributed by atoms with Crippen LogP contribution in [0.3, 0.4) is 0 Å². The first-order valence-electron chi connectivity index (χ1n) is 6.26. The fraction of sp³-hybridized carbons (Fsp3) is 0.250. The predicted molar refractivity (Wildman–Crippen MR) is 76.6 cm³/mol. The summed E-state index contributed by atoms with van der Waals surface area (Å²) < 4.78 is 2.78. The number of nitrogens with one attached hydrogen (secondary N) is 1. The molecular formula is C12H11BrN6O2. The van der Waals surface area contributed by atoms with Crippen LogP contribution in [0.25, 0.3) is 17.2 Å². The van der Waals surface area contributed by atoms with E-state index in [0.717, 1.165) is 15.7 Å². The quantitative estimate of drug-likeness (QED) is 0.724. The number of carboxylic acids is 1. The summed E-state index contributed by atoms with van der Waals surface area (Å²) in [5, 5.41) is 22.2. The van der Waals surface area contributed by atoms with E-state index in [-0.39, 0.29) is 6.42 Å². The van der Waals surface area contributed by atoms with E-state index in [1.807, 2.05) is 22.9 Å². The van der Waals surface area contributed by atoms with E-state index < -0.39 is 5.97 Å². The maximum Gasteiger partial charge on any atom is 0.303 e. The number of aromatic amines is 1.